The Bertz CT molecular complexity index is 154. The molecule has 0 aliphatic carbocycles. The maximum absolute atomic E-state index is 2.45. The minimum atomic E-state index is -0.637. The average Bonchev–Trinajstić information content (AvgIpc) is 1.47. The molecule has 0 spiro atoms. The number of hydrogen-bond acceptors (Lipinski definition) is 0. The molecule has 0 unspecified atom stereocenters. The minimum absolute atomic E-state index is 0. The summed E-state index contributed by atoms with van der Waals surface area (Å²) in [5.74, 6) is 0. The standard InChI is InChI=1S/C11H24P.HI/c1-10(2,3)12(8-7-9-12)11(4,5)6;/h7-9H2,1-6H3;1H/q+1;/p-1. The van der Waals surface area contributed by atoms with E-state index in [0.29, 0.717) is 10.3 Å². The smallest absolute Gasteiger partial charge is 0.0720 e. The molecule has 1 aliphatic heterocycles. The molecule has 1 aliphatic rings. The molecule has 0 aromatic carbocycles. The number of rotatable bonds is 0. The van der Waals surface area contributed by atoms with Gasteiger partial charge in [-0.15, -0.1) is 0 Å². The van der Waals surface area contributed by atoms with Crippen molar-refractivity contribution in [2.24, 2.45) is 0 Å². The van der Waals surface area contributed by atoms with Gasteiger partial charge in [-0.3, -0.25) is 0 Å². The van der Waals surface area contributed by atoms with E-state index in [2.05, 4.69) is 41.5 Å². The predicted molar refractivity (Wildman–Crippen MR) is 60.8 cm³/mol. The van der Waals surface area contributed by atoms with Gasteiger partial charge in [0.05, 0.1) is 22.6 Å². The van der Waals surface area contributed by atoms with E-state index in [1.165, 1.54) is 6.42 Å². The Morgan fingerprint density at radius 1 is 0.769 bits per heavy atom. The van der Waals surface area contributed by atoms with Crippen molar-refractivity contribution in [3.63, 3.8) is 0 Å². The summed E-state index contributed by atoms with van der Waals surface area (Å²) in [7, 11) is -0.637. The second-order valence-electron chi connectivity index (χ2n) is 6.11. The highest BCUT2D eigenvalue weighted by Crippen LogP contribution is 2.81. The van der Waals surface area contributed by atoms with Crippen LogP contribution < -0.4 is 24.0 Å². The summed E-state index contributed by atoms with van der Waals surface area (Å²) in [5, 5.41) is 1.17. The summed E-state index contributed by atoms with van der Waals surface area (Å²) in [6.45, 7) is 14.7. The lowest BCUT2D eigenvalue weighted by Crippen LogP contribution is -3.00. The maximum Gasteiger partial charge on any atom is 0.0720 e. The fraction of sp³-hybridized carbons (Fsp3) is 1.00. The quantitative estimate of drug-likeness (QED) is 0.462. The molecule has 0 aromatic heterocycles. The van der Waals surface area contributed by atoms with Gasteiger partial charge in [-0.2, -0.15) is 0 Å². The molecule has 0 N–H and O–H groups in total. The third-order valence-corrected chi connectivity index (χ3v) is 10.9. The van der Waals surface area contributed by atoms with Crippen LogP contribution in [0.15, 0.2) is 0 Å². The topological polar surface area (TPSA) is 0 Å². The largest absolute Gasteiger partial charge is 1.00 e. The zero-order valence-electron chi connectivity index (χ0n) is 9.95. The van der Waals surface area contributed by atoms with Crippen molar-refractivity contribution in [2.45, 2.75) is 58.3 Å². The van der Waals surface area contributed by atoms with Crippen LogP contribution in [-0.4, -0.2) is 22.6 Å². The Kier molecular flexibility index (Phi) is 4.32. The van der Waals surface area contributed by atoms with Gasteiger partial charge >= 0.3 is 0 Å². The van der Waals surface area contributed by atoms with Gasteiger partial charge in [0.2, 0.25) is 0 Å². The SMILES string of the molecule is CC(C)(C)[P+]1(C(C)(C)C)CCC1.[I-]. The van der Waals surface area contributed by atoms with Crippen LogP contribution in [0.2, 0.25) is 0 Å². The molecular weight excluding hydrogens is 290 g/mol. The molecule has 1 heterocycles. The molecule has 2 heteroatoms. The van der Waals surface area contributed by atoms with Gasteiger partial charge in [0.1, 0.15) is 0 Å². The molecular formula is C11H24IP. The summed E-state index contributed by atoms with van der Waals surface area (Å²) in [6.07, 6.45) is 4.57. The molecule has 0 atom stereocenters. The normalized spacial score (nSPS) is 21.7. The van der Waals surface area contributed by atoms with Crippen LogP contribution in [0.25, 0.3) is 0 Å². The van der Waals surface area contributed by atoms with E-state index < -0.39 is 7.26 Å². The fourth-order valence-corrected chi connectivity index (χ4v) is 8.47. The van der Waals surface area contributed by atoms with Crippen molar-refractivity contribution >= 4 is 7.26 Å². The molecule has 1 rings (SSSR count). The molecule has 13 heavy (non-hydrogen) atoms. The van der Waals surface area contributed by atoms with Crippen LogP contribution in [0, 0.1) is 0 Å². The Morgan fingerprint density at radius 3 is 1.08 bits per heavy atom. The average molecular weight is 314 g/mol. The van der Waals surface area contributed by atoms with E-state index >= 15 is 0 Å². The van der Waals surface area contributed by atoms with Gasteiger partial charge in [0, 0.05) is 13.7 Å². The van der Waals surface area contributed by atoms with E-state index in [0.717, 1.165) is 0 Å². The van der Waals surface area contributed by atoms with Crippen molar-refractivity contribution in [3.8, 4) is 0 Å². The number of hydrogen-bond donors (Lipinski definition) is 0. The first-order chi connectivity index (χ1) is 5.21. The molecule has 0 nitrogen and oxygen atoms in total. The van der Waals surface area contributed by atoms with Gasteiger partial charge in [-0.25, -0.2) is 0 Å². The fourth-order valence-electron chi connectivity index (χ4n) is 2.82. The van der Waals surface area contributed by atoms with Crippen LogP contribution in [0.3, 0.4) is 0 Å². The zero-order chi connectivity index (χ0) is 9.62. The zero-order valence-corrected chi connectivity index (χ0v) is 13.0. The lowest BCUT2D eigenvalue weighted by Gasteiger charge is -2.52. The maximum atomic E-state index is 2.45. The number of halogens is 1. The lowest BCUT2D eigenvalue weighted by atomic mass is 10.2. The summed E-state index contributed by atoms with van der Waals surface area (Å²) in [6, 6.07) is 0. The van der Waals surface area contributed by atoms with Crippen molar-refractivity contribution < 1.29 is 24.0 Å². The van der Waals surface area contributed by atoms with Gasteiger partial charge in [-0.1, -0.05) is 0 Å². The van der Waals surface area contributed by atoms with Crippen molar-refractivity contribution in [3.05, 3.63) is 0 Å². The first-order valence-electron chi connectivity index (χ1n) is 5.08. The van der Waals surface area contributed by atoms with Crippen molar-refractivity contribution in [1.29, 1.82) is 0 Å². The highest BCUT2D eigenvalue weighted by molar-refractivity contribution is 7.80. The highest BCUT2D eigenvalue weighted by atomic mass is 127. The van der Waals surface area contributed by atoms with Gasteiger partial charge < -0.3 is 24.0 Å². The van der Waals surface area contributed by atoms with E-state index in [1.807, 2.05) is 0 Å². The van der Waals surface area contributed by atoms with Gasteiger partial charge in [0.15, 0.2) is 0 Å². The molecule has 80 valence electrons. The first kappa shape index (κ1) is 14.2. The van der Waals surface area contributed by atoms with E-state index in [1.54, 1.807) is 12.3 Å². The molecule has 0 aromatic rings. The summed E-state index contributed by atoms with van der Waals surface area (Å²) in [4.78, 5) is 0. The van der Waals surface area contributed by atoms with Crippen molar-refractivity contribution in [1.82, 2.24) is 0 Å². The second-order valence-corrected chi connectivity index (χ2v) is 11.6. The van der Waals surface area contributed by atoms with Crippen LogP contribution >= 0.6 is 7.26 Å². The third kappa shape index (κ3) is 2.22. The van der Waals surface area contributed by atoms with E-state index in [4.69, 9.17) is 0 Å². The van der Waals surface area contributed by atoms with Crippen LogP contribution in [-0.2, 0) is 0 Å². The van der Waals surface area contributed by atoms with Crippen LogP contribution in [0.5, 0.6) is 0 Å². The third-order valence-electron chi connectivity index (χ3n) is 3.65. The molecule has 0 amide bonds. The monoisotopic (exact) mass is 314 g/mol. The predicted octanol–water partition coefficient (Wildman–Crippen LogP) is 1.01. The van der Waals surface area contributed by atoms with Crippen molar-refractivity contribution in [2.75, 3.05) is 12.3 Å². The molecule has 0 radical (unpaired) electrons. The lowest BCUT2D eigenvalue weighted by molar-refractivity contribution is -0.00000330. The molecule has 1 saturated heterocycles. The summed E-state index contributed by atoms with van der Waals surface area (Å²) < 4.78 is 0. The minimum Gasteiger partial charge on any atom is -1.00 e. The van der Waals surface area contributed by atoms with Crippen LogP contribution in [0.4, 0.5) is 0 Å². The van der Waals surface area contributed by atoms with Crippen LogP contribution in [0.1, 0.15) is 48.0 Å². The van der Waals surface area contributed by atoms with E-state index in [-0.39, 0.29) is 24.0 Å². The highest BCUT2D eigenvalue weighted by Gasteiger charge is 2.61. The Hall–Kier alpha value is 1.16. The molecule has 1 fully saturated rings. The molecule has 0 bridgehead atoms. The second kappa shape index (κ2) is 3.96. The summed E-state index contributed by atoms with van der Waals surface area (Å²) >= 11 is 0. The summed E-state index contributed by atoms with van der Waals surface area (Å²) in [5.41, 5.74) is 0. The van der Waals surface area contributed by atoms with Gasteiger partial charge in [-0.05, 0) is 41.5 Å². The Balaban J connectivity index is 0.00000144. The Labute approximate surface area is 102 Å². The van der Waals surface area contributed by atoms with E-state index in [9.17, 15) is 0 Å². The Morgan fingerprint density at radius 2 is 1.08 bits per heavy atom. The first-order valence-corrected chi connectivity index (χ1v) is 7.24. The molecule has 0 saturated carbocycles. The van der Waals surface area contributed by atoms with Gasteiger partial charge in [0.25, 0.3) is 0 Å².